The van der Waals surface area contributed by atoms with Gasteiger partial charge in [-0.25, -0.2) is 4.98 Å². The quantitative estimate of drug-likeness (QED) is 0.759. The molecule has 0 unspecified atom stereocenters. The van der Waals surface area contributed by atoms with E-state index in [1.165, 1.54) is 6.20 Å². The maximum Gasteiger partial charge on any atom is 0.274 e. The molecule has 2 aromatic heterocycles. The molecule has 3 aromatic rings. The molecule has 0 saturated heterocycles. The summed E-state index contributed by atoms with van der Waals surface area (Å²) in [6.45, 7) is 0.233. The van der Waals surface area contributed by atoms with Crippen molar-refractivity contribution in [3.8, 4) is 5.75 Å². The number of carbonyl (C=O) groups excluding carboxylic acids is 1. The van der Waals surface area contributed by atoms with Crippen LogP contribution in [0.2, 0.25) is 10.0 Å². The van der Waals surface area contributed by atoms with Gasteiger partial charge in [-0.05, 0) is 29.8 Å². The highest BCUT2D eigenvalue weighted by molar-refractivity contribution is 6.42. The minimum atomic E-state index is -0.499. The molecule has 0 bridgehead atoms. The molecule has 5 nitrogen and oxygen atoms in total. The lowest BCUT2D eigenvalue weighted by atomic mass is 10.2. The molecule has 0 fully saturated rings. The number of hydrogen-bond acceptors (Lipinski definition) is 4. The first-order valence-electron chi connectivity index (χ1n) is 6.71. The van der Waals surface area contributed by atoms with Crippen molar-refractivity contribution in [1.29, 1.82) is 0 Å². The molecule has 0 atom stereocenters. The van der Waals surface area contributed by atoms with Gasteiger partial charge in [0, 0.05) is 24.3 Å². The predicted octanol–water partition coefficient (Wildman–Crippen LogP) is 3.57. The Bertz CT molecular complexity index is 900. The van der Waals surface area contributed by atoms with Crippen LogP contribution < -0.4 is 5.32 Å². The van der Waals surface area contributed by atoms with E-state index in [2.05, 4.69) is 15.3 Å². The molecule has 0 aliphatic rings. The van der Waals surface area contributed by atoms with Crippen molar-refractivity contribution in [3.05, 3.63) is 64.0 Å². The first kappa shape index (κ1) is 15.5. The van der Waals surface area contributed by atoms with Gasteiger partial charge in [0.2, 0.25) is 0 Å². The van der Waals surface area contributed by atoms with E-state index in [1.54, 1.807) is 36.5 Å². The Morgan fingerprint density at radius 2 is 2.00 bits per heavy atom. The van der Waals surface area contributed by atoms with Crippen molar-refractivity contribution >= 4 is 40.0 Å². The van der Waals surface area contributed by atoms with Gasteiger partial charge in [0.1, 0.15) is 5.52 Å². The van der Waals surface area contributed by atoms with E-state index in [-0.39, 0.29) is 18.0 Å². The van der Waals surface area contributed by atoms with Crippen LogP contribution in [0.1, 0.15) is 16.1 Å². The fourth-order valence-electron chi connectivity index (χ4n) is 2.11. The number of nitrogens with one attached hydrogen (secondary N) is 1. The van der Waals surface area contributed by atoms with Crippen LogP contribution in [0.15, 0.2) is 42.7 Å². The first-order valence-corrected chi connectivity index (χ1v) is 7.46. The molecule has 2 heterocycles. The van der Waals surface area contributed by atoms with E-state index in [4.69, 9.17) is 23.2 Å². The number of rotatable bonds is 3. The maximum atomic E-state index is 12.2. The van der Waals surface area contributed by atoms with Crippen molar-refractivity contribution < 1.29 is 9.90 Å². The number of hydrogen-bond donors (Lipinski definition) is 2. The van der Waals surface area contributed by atoms with Crippen LogP contribution in [0.3, 0.4) is 0 Å². The molecule has 2 N–H and O–H groups in total. The van der Waals surface area contributed by atoms with Crippen LogP contribution in [0.25, 0.3) is 10.9 Å². The molecule has 1 amide bonds. The monoisotopic (exact) mass is 347 g/mol. The van der Waals surface area contributed by atoms with Crippen LogP contribution in [0.4, 0.5) is 0 Å². The van der Waals surface area contributed by atoms with Crippen LogP contribution in [0.5, 0.6) is 5.75 Å². The minimum absolute atomic E-state index is 0.0729. The van der Waals surface area contributed by atoms with Crippen molar-refractivity contribution in [3.63, 3.8) is 0 Å². The summed E-state index contributed by atoms with van der Waals surface area (Å²) in [6, 6.07) is 8.56. The molecule has 116 valence electrons. The van der Waals surface area contributed by atoms with Gasteiger partial charge in [0.05, 0.1) is 10.0 Å². The molecular weight excluding hydrogens is 337 g/mol. The summed E-state index contributed by atoms with van der Waals surface area (Å²) in [5.74, 6) is -0.740. The zero-order valence-corrected chi connectivity index (χ0v) is 13.3. The standard InChI is InChI=1S/C16H11Cl2N3O2/c17-11-4-3-9(6-12(11)18)7-21-16(23)14-15(22)13-10(8-20-14)2-1-5-19-13/h1-6,8,22H,7H2,(H,21,23). The van der Waals surface area contributed by atoms with Gasteiger partial charge in [-0.1, -0.05) is 29.3 Å². The molecule has 0 saturated carbocycles. The second-order valence-corrected chi connectivity index (χ2v) is 5.64. The Morgan fingerprint density at radius 1 is 1.17 bits per heavy atom. The van der Waals surface area contributed by atoms with Crippen LogP contribution >= 0.6 is 23.2 Å². The molecule has 0 aliphatic heterocycles. The Hall–Kier alpha value is -2.37. The molecule has 1 aromatic carbocycles. The topological polar surface area (TPSA) is 75.1 Å². The highest BCUT2D eigenvalue weighted by Crippen LogP contribution is 2.25. The summed E-state index contributed by atoms with van der Waals surface area (Å²) in [6.07, 6.45) is 3.04. The third-order valence-electron chi connectivity index (χ3n) is 3.27. The second-order valence-electron chi connectivity index (χ2n) is 4.83. The summed E-state index contributed by atoms with van der Waals surface area (Å²) in [5, 5.41) is 14.4. The number of halogens is 2. The number of aromatic nitrogens is 2. The van der Waals surface area contributed by atoms with Crippen LogP contribution in [0, 0.1) is 0 Å². The van der Waals surface area contributed by atoms with Gasteiger partial charge >= 0.3 is 0 Å². The van der Waals surface area contributed by atoms with E-state index >= 15 is 0 Å². The number of aromatic hydroxyl groups is 1. The van der Waals surface area contributed by atoms with E-state index in [1.807, 2.05) is 0 Å². The lowest BCUT2D eigenvalue weighted by Crippen LogP contribution is -2.24. The van der Waals surface area contributed by atoms with Gasteiger partial charge in [-0.2, -0.15) is 0 Å². The summed E-state index contributed by atoms with van der Waals surface area (Å²) < 4.78 is 0. The fourth-order valence-corrected chi connectivity index (χ4v) is 2.43. The molecule has 3 rings (SSSR count). The van der Waals surface area contributed by atoms with Gasteiger partial charge < -0.3 is 10.4 Å². The average Bonchev–Trinajstić information content (AvgIpc) is 2.56. The first-order chi connectivity index (χ1) is 11.1. The van der Waals surface area contributed by atoms with Gasteiger partial charge in [0.15, 0.2) is 11.4 Å². The Balaban J connectivity index is 1.80. The Kier molecular flexibility index (Phi) is 4.32. The Morgan fingerprint density at radius 3 is 2.78 bits per heavy atom. The summed E-state index contributed by atoms with van der Waals surface area (Å²) >= 11 is 11.8. The molecule has 7 heteroatoms. The number of fused-ring (bicyclic) bond motifs is 1. The number of amides is 1. The summed E-state index contributed by atoms with van der Waals surface area (Å²) in [4.78, 5) is 20.3. The predicted molar refractivity (Wildman–Crippen MR) is 88.8 cm³/mol. The van der Waals surface area contributed by atoms with Crippen molar-refractivity contribution in [2.24, 2.45) is 0 Å². The molecule has 0 radical (unpaired) electrons. The normalized spacial score (nSPS) is 10.7. The fraction of sp³-hybridized carbons (Fsp3) is 0.0625. The highest BCUT2D eigenvalue weighted by atomic mass is 35.5. The largest absolute Gasteiger partial charge is 0.504 e. The number of nitrogens with zero attached hydrogens (tertiary/aromatic N) is 2. The lowest BCUT2D eigenvalue weighted by Gasteiger charge is -2.08. The van der Waals surface area contributed by atoms with E-state index in [9.17, 15) is 9.90 Å². The zero-order valence-electron chi connectivity index (χ0n) is 11.8. The van der Waals surface area contributed by atoms with Gasteiger partial charge in [-0.3, -0.25) is 9.78 Å². The molecule has 23 heavy (non-hydrogen) atoms. The van der Waals surface area contributed by atoms with Crippen molar-refractivity contribution in [2.75, 3.05) is 0 Å². The molecular formula is C16H11Cl2N3O2. The number of pyridine rings is 2. The maximum absolute atomic E-state index is 12.2. The zero-order chi connectivity index (χ0) is 16.4. The lowest BCUT2D eigenvalue weighted by molar-refractivity contribution is 0.0943. The van der Waals surface area contributed by atoms with E-state index < -0.39 is 5.91 Å². The van der Waals surface area contributed by atoms with E-state index in [0.29, 0.717) is 20.9 Å². The van der Waals surface area contributed by atoms with Crippen LogP contribution in [-0.4, -0.2) is 21.0 Å². The third kappa shape index (κ3) is 3.21. The number of carbonyl (C=O) groups is 1. The number of benzene rings is 1. The van der Waals surface area contributed by atoms with Gasteiger partial charge in [-0.15, -0.1) is 0 Å². The highest BCUT2D eigenvalue weighted by Gasteiger charge is 2.16. The minimum Gasteiger partial charge on any atom is -0.504 e. The average molecular weight is 348 g/mol. The SMILES string of the molecule is O=C(NCc1ccc(Cl)c(Cl)c1)c1ncc2cccnc2c1O. The summed E-state index contributed by atoms with van der Waals surface area (Å²) in [5.41, 5.74) is 1.05. The third-order valence-corrected chi connectivity index (χ3v) is 4.01. The van der Waals surface area contributed by atoms with Crippen molar-refractivity contribution in [2.45, 2.75) is 6.54 Å². The Labute approximate surface area is 141 Å². The molecule has 0 spiro atoms. The summed E-state index contributed by atoms with van der Waals surface area (Å²) in [7, 11) is 0. The van der Waals surface area contributed by atoms with Crippen LogP contribution in [-0.2, 0) is 6.54 Å². The second kappa shape index (κ2) is 6.40. The smallest absolute Gasteiger partial charge is 0.274 e. The van der Waals surface area contributed by atoms with Gasteiger partial charge in [0.25, 0.3) is 5.91 Å². The molecule has 0 aliphatic carbocycles. The van der Waals surface area contributed by atoms with E-state index in [0.717, 1.165) is 5.56 Å². The van der Waals surface area contributed by atoms with Crippen molar-refractivity contribution in [1.82, 2.24) is 15.3 Å².